The van der Waals surface area contributed by atoms with Gasteiger partial charge in [0.2, 0.25) is 0 Å². The lowest BCUT2D eigenvalue weighted by atomic mass is 10.2. The lowest BCUT2D eigenvalue weighted by Crippen LogP contribution is -2.31. The Hall–Kier alpha value is -2.33. The average molecular weight is 305 g/mol. The number of hydrogen-bond acceptors (Lipinski definition) is 1. The second kappa shape index (κ2) is 7.45. The lowest BCUT2D eigenvalue weighted by molar-refractivity contribution is 0.244. The van der Waals surface area contributed by atoms with E-state index in [1.54, 1.807) is 30.3 Å². The Morgan fingerprint density at radius 2 is 1.95 bits per heavy atom. The van der Waals surface area contributed by atoms with Crippen molar-refractivity contribution in [3.8, 4) is 0 Å². The van der Waals surface area contributed by atoms with Crippen molar-refractivity contribution in [3.05, 3.63) is 76.7 Å². The van der Waals surface area contributed by atoms with E-state index in [0.29, 0.717) is 17.1 Å². The summed E-state index contributed by atoms with van der Waals surface area (Å²) in [7, 11) is 0. The lowest BCUT2D eigenvalue weighted by Gasteiger charge is -2.04. The number of rotatable bonds is 4. The largest absolute Gasteiger partial charge is 0.334 e. The minimum absolute atomic E-state index is 0.315. The number of amides is 2. The first-order chi connectivity index (χ1) is 10.1. The zero-order valence-corrected chi connectivity index (χ0v) is 11.9. The van der Waals surface area contributed by atoms with Crippen molar-refractivity contribution in [2.45, 2.75) is 6.54 Å². The number of carbonyl (C=O) groups excluding carboxylic acids is 1. The Bertz CT molecular complexity index is 641. The number of hydrogen-bond donors (Lipinski definition) is 2. The molecule has 0 fully saturated rings. The van der Waals surface area contributed by atoms with Gasteiger partial charge in [-0.3, -0.25) is 0 Å². The van der Waals surface area contributed by atoms with Crippen molar-refractivity contribution in [3.63, 3.8) is 0 Å². The van der Waals surface area contributed by atoms with Crippen LogP contribution in [0.3, 0.4) is 0 Å². The van der Waals surface area contributed by atoms with Gasteiger partial charge in [0, 0.05) is 17.8 Å². The van der Waals surface area contributed by atoms with Crippen LogP contribution in [0.5, 0.6) is 0 Å². The highest BCUT2D eigenvalue weighted by Crippen LogP contribution is 2.09. The molecule has 0 aliphatic heterocycles. The van der Waals surface area contributed by atoms with Crippen LogP contribution in [0.4, 0.5) is 9.18 Å². The van der Waals surface area contributed by atoms with Gasteiger partial charge in [-0.05, 0) is 41.5 Å². The molecule has 2 amide bonds. The summed E-state index contributed by atoms with van der Waals surface area (Å²) in [5.74, 6) is -0.315. The van der Waals surface area contributed by atoms with Gasteiger partial charge in [-0.15, -0.1) is 0 Å². The predicted octanol–water partition coefficient (Wildman–Crippen LogP) is 3.95. The number of carbonyl (C=O) groups is 1. The van der Waals surface area contributed by atoms with E-state index in [4.69, 9.17) is 11.6 Å². The summed E-state index contributed by atoms with van der Waals surface area (Å²) >= 11 is 5.78. The summed E-state index contributed by atoms with van der Waals surface area (Å²) in [5.41, 5.74) is 1.62. The van der Waals surface area contributed by atoms with Crippen molar-refractivity contribution < 1.29 is 9.18 Å². The molecule has 2 aromatic rings. The Balaban J connectivity index is 1.78. The third-order valence-electron chi connectivity index (χ3n) is 2.71. The second-order valence-corrected chi connectivity index (χ2v) is 4.78. The van der Waals surface area contributed by atoms with E-state index in [9.17, 15) is 9.18 Å². The van der Waals surface area contributed by atoms with Crippen molar-refractivity contribution in [1.29, 1.82) is 0 Å². The molecule has 108 valence electrons. The van der Waals surface area contributed by atoms with Crippen LogP contribution < -0.4 is 10.6 Å². The summed E-state index contributed by atoms with van der Waals surface area (Å²) in [6.45, 7) is 0.400. The van der Waals surface area contributed by atoms with Gasteiger partial charge in [-0.25, -0.2) is 9.18 Å². The molecular weight excluding hydrogens is 291 g/mol. The first-order valence-corrected chi connectivity index (χ1v) is 6.72. The van der Waals surface area contributed by atoms with Crippen LogP contribution in [0.1, 0.15) is 11.1 Å². The number of benzene rings is 2. The molecule has 2 rings (SSSR count). The molecule has 0 aliphatic carbocycles. The molecule has 0 spiro atoms. The van der Waals surface area contributed by atoms with Gasteiger partial charge in [0.1, 0.15) is 5.82 Å². The van der Waals surface area contributed by atoms with Gasteiger partial charge in [-0.1, -0.05) is 35.9 Å². The van der Waals surface area contributed by atoms with Crippen LogP contribution in [-0.2, 0) is 6.54 Å². The fourth-order valence-corrected chi connectivity index (χ4v) is 1.79. The maximum atomic E-state index is 12.9. The first-order valence-electron chi connectivity index (χ1n) is 6.34. The van der Waals surface area contributed by atoms with Crippen LogP contribution in [0.25, 0.3) is 6.08 Å². The maximum absolute atomic E-state index is 12.9. The molecule has 0 atom stereocenters. The Labute approximate surface area is 127 Å². The molecular formula is C16H14ClFN2O. The molecule has 0 radical (unpaired) electrons. The normalized spacial score (nSPS) is 10.6. The van der Waals surface area contributed by atoms with Crippen LogP contribution in [-0.4, -0.2) is 6.03 Å². The van der Waals surface area contributed by atoms with Crippen LogP contribution >= 0.6 is 11.6 Å². The number of nitrogens with one attached hydrogen (secondary N) is 2. The maximum Gasteiger partial charge on any atom is 0.319 e. The quantitative estimate of drug-likeness (QED) is 0.882. The summed E-state index contributed by atoms with van der Waals surface area (Å²) in [4.78, 5) is 11.6. The van der Waals surface area contributed by atoms with Crippen molar-refractivity contribution in [2.75, 3.05) is 0 Å². The van der Waals surface area contributed by atoms with Gasteiger partial charge >= 0.3 is 6.03 Å². The zero-order chi connectivity index (χ0) is 15.1. The smallest absolute Gasteiger partial charge is 0.319 e. The van der Waals surface area contributed by atoms with Crippen molar-refractivity contribution in [1.82, 2.24) is 10.6 Å². The van der Waals surface area contributed by atoms with E-state index in [2.05, 4.69) is 10.6 Å². The minimum Gasteiger partial charge on any atom is -0.334 e. The minimum atomic E-state index is -0.336. The third kappa shape index (κ3) is 5.28. The zero-order valence-electron chi connectivity index (χ0n) is 11.1. The highest BCUT2D eigenvalue weighted by Gasteiger charge is 1.98. The molecule has 0 aliphatic rings. The van der Waals surface area contributed by atoms with E-state index < -0.39 is 0 Å². The van der Waals surface area contributed by atoms with Crippen LogP contribution in [0.15, 0.2) is 54.7 Å². The fourth-order valence-electron chi connectivity index (χ4n) is 1.66. The van der Waals surface area contributed by atoms with Crippen molar-refractivity contribution in [2.24, 2.45) is 0 Å². The Morgan fingerprint density at radius 1 is 1.19 bits per heavy atom. The molecule has 0 unspecified atom stereocenters. The highest BCUT2D eigenvalue weighted by atomic mass is 35.5. The van der Waals surface area contributed by atoms with E-state index in [0.717, 1.165) is 5.56 Å². The molecule has 2 aromatic carbocycles. The fraction of sp³-hybridized carbons (Fsp3) is 0.0625. The summed E-state index contributed by atoms with van der Waals surface area (Å²) in [6.07, 6.45) is 3.08. The third-order valence-corrected chi connectivity index (χ3v) is 2.96. The summed E-state index contributed by atoms with van der Waals surface area (Å²) in [6, 6.07) is 13.0. The average Bonchev–Trinajstić information content (AvgIpc) is 2.47. The topological polar surface area (TPSA) is 41.1 Å². The Kier molecular flexibility index (Phi) is 5.35. The molecule has 5 heteroatoms. The van der Waals surface area contributed by atoms with Crippen LogP contribution in [0.2, 0.25) is 5.02 Å². The van der Waals surface area contributed by atoms with E-state index in [1.165, 1.54) is 18.3 Å². The Morgan fingerprint density at radius 3 is 2.67 bits per heavy atom. The standard InChI is InChI=1S/C16H14ClFN2O/c17-14-6-4-13(5-7-14)11-20-16(21)19-9-8-12-2-1-3-15(18)10-12/h1-10H,11H2,(H2,19,20,21)/b9-8+. The molecule has 0 aromatic heterocycles. The molecule has 0 bridgehead atoms. The monoisotopic (exact) mass is 304 g/mol. The molecule has 0 saturated heterocycles. The number of halogens is 2. The second-order valence-electron chi connectivity index (χ2n) is 4.34. The molecule has 0 heterocycles. The highest BCUT2D eigenvalue weighted by molar-refractivity contribution is 6.30. The van der Waals surface area contributed by atoms with Gasteiger partial charge in [0.15, 0.2) is 0 Å². The van der Waals surface area contributed by atoms with Gasteiger partial charge in [0.05, 0.1) is 0 Å². The molecule has 21 heavy (non-hydrogen) atoms. The van der Waals surface area contributed by atoms with E-state index in [1.807, 2.05) is 12.1 Å². The number of urea groups is 1. The molecule has 0 saturated carbocycles. The molecule has 2 N–H and O–H groups in total. The molecule has 3 nitrogen and oxygen atoms in total. The van der Waals surface area contributed by atoms with Gasteiger partial charge in [0.25, 0.3) is 0 Å². The van der Waals surface area contributed by atoms with E-state index in [-0.39, 0.29) is 11.8 Å². The SMILES string of the molecule is O=C(N/C=C/c1cccc(F)c1)NCc1ccc(Cl)cc1. The summed E-state index contributed by atoms with van der Waals surface area (Å²) < 4.78 is 12.9. The van der Waals surface area contributed by atoms with Crippen LogP contribution in [0, 0.1) is 5.82 Å². The van der Waals surface area contributed by atoms with Gasteiger partial charge < -0.3 is 10.6 Å². The van der Waals surface area contributed by atoms with E-state index >= 15 is 0 Å². The predicted molar refractivity (Wildman–Crippen MR) is 82.3 cm³/mol. The first kappa shape index (κ1) is 15.1. The van der Waals surface area contributed by atoms with Crippen molar-refractivity contribution >= 4 is 23.7 Å². The summed E-state index contributed by atoms with van der Waals surface area (Å²) in [5, 5.41) is 5.90. The van der Waals surface area contributed by atoms with Gasteiger partial charge in [-0.2, -0.15) is 0 Å².